The van der Waals surface area contributed by atoms with Gasteiger partial charge in [0.15, 0.2) is 0 Å². The Bertz CT molecular complexity index is 1060. The minimum atomic E-state index is -4.51. The van der Waals surface area contributed by atoms with Crippen molar-refractivity contribution in [3.63, 3.8) is 0 Å². The van der Waals surface area contributed by atoms with Crippen LogP contribution in [-0.4, -0.2) is 15.9 Å². The number of hydrogen-bond donors (Lipinski definition) is 1. The zero-order valence-electron chi connectivity index (χ0n) is 15.8. The molecule has 0 aliphatic rings. The summed E-state index contributed by atoms with van der Waals surface area (Å²) < 4.78 is 66.7. The fourth-order valence-electron chi connectivity index (χ4n) is 3.23. The summed E-state index contributed by atoms with van der Waals surface area (Å²) in [5.41, 5.74) is 0.972. The molecule has 0 amide bonds. The van der Waals surface area contributed by atoms with E-state index in [-0.39, 0.29) is 17.7 Å². The first-order valence-corrected chi connectivity index (χ1v) is 8.95. The molecule has 0 aliphatic carbocycles. The van der Waals surface area contributed by atoms with Crippen LogP contribution in [0.5, 0.6) is 0 Å². The molecule has 3 nitrogen and oxygen atoms in total. The monoisotopic (exact) mass is 420 g/mol. The predicted octanol–water partition coefficient (Wildman–Crippen LogP) is 6.09. The highest BCUT2D eigenvalue weighted by Gasteiger charge is 2.31. The summed E-state index contributed by atoms with van der Waals surface area (Å²) in [5.74, 6) is -2.43. The van der Waals surface area contributed by atoms with Crippen molar-refractivity contribution >= 4 is 5.71 Å². The number of rotatable bonds is 5. The minimum Gasteiger partial charge on any atom is -0.411 e. The van der Waals surface area contributed by atoms with Crippen molar-refractivity contribution in [2.24, 2.45) is 5.16 Å². The predicted molar refractivity (Wildman–Crippen MR) is 102 cm³/mol. The van der Waals surface area contributed by atoms with E-state index >= 15 is 0 Å². The lowest BCUT2D eigenvalue weighted by atomic mass is 9.85. The molecular weight excluding hydrogens is 403 g/mol. The SMILES string of the molecule is Cc1cc(/C(CC(c2ccc(C(F)(F)F)cc2)c2ccc(F)cc2F)=N/O)ccn1. The molecule has 0 saturated carbocycles. The standard InChI is InChI=1S/C22H17F5N2O/c1-13-10-15(8-9-28-13)21(29-30)12-19(18-7-6-17(23)11-20(18)24)14-2-4-16(5-3-14)22(25,26)27/h2-11,19,30H,12H2,1H3/b29-21+. The van der Waals surface area contributed by atoms with Crippen LogP contribution in [0.2, 0.25) is 0 Å². The van der Waals surface area contributed by atoms with Crippen LogP contribution in [0.4, 0.5) is 22.0 Å². The number of pyridine rings is 1. The van der Waals surface area contributed by atoms with Gasteiger partial charge in [-0.25, -0.2) is 8.78 Å². The summed E-state index contributed by atoms with van der Waals surface area (Å²) >= 11 is 0. The van der Waals surface area contributed by atoms with Gasteiger partial charge in [0.25, 0.3) is 0 Å². The number of alkyl halides is 3. The fourth-order valence-corrected chi connectivity index (χ4v) is 3.23. The summed E-state index contributed by atoms with van der Waals surface area (Å²) in [4.78, 5) is 4.06. The Kier molecular flexibility index (Phi) is 6.14. The zero-order chi connectivity index (χ0) is 21.9. The average molecular weight is 420 g/mol. The van der Waals surface area contributed by atoms with Gasteiger partial charge in [-0.2, -0.15) is 13.2 Å². The largest absolute Gasteiger partial charge is 0.416 e. The molecule has 0 radical (unpaired) electrons. The highest BCUT2D eigenvalue weighted by molar-refractivity contribution is 6.00. The molecule has 1 unspecified atom stereocenters. The highest BCUT2D eigenvalue weighted by atomic mass is 19.4. The number of aromatic nitrogens is 1. The van der Waals surface area contributed by atoms with E-state index < -0.39 is 29.3 Å². The van der Waals surface area contributed by atoms with Crippen molar-refractivity contribution in [1.29, 1.82) is 0 Å². The second kappa shape index (κ2) is 8.61. The molecule has 0 saturated heterocycles. The van der Waals surface area contributed by atoms with Gasteiger partial charge < -0.3 is 5.21 Å². The van der Waals surface area contributed by atoms with Gasteiger partial charge in [0.1, 0.15) is 11.6 Å². The summed E-state index contributed by atoms with van der Waals surface area (Å²) in [6.45, 7) is 1.74. The van der Waals surface area contributed by atoms with Gasteiger partial charge in [-0.05, 0) is 48.4 Å². The van der Waals surface area contributed by atoms with E-state index in [1.54, 1.807) is 19.1 Å². The molecule has 1 atom stereocenters. The van der Waals surface area contributed by atoms with Crippen LogP contribution in [0, 0.1) is 18.6 Å². The maximum atomic E-state index is 14.5. The fraction of sp³-hybridized carbons (Fsp3) is 0.182. The van der Waals surface area contributed by atoms with Crippen LogP contribution in [0.3, 0.4) is 0 Å². The third-order valence-electron chi connectivity index (χ3n) is 4.73. The first-order chi connectivity index (χ1) is 14.2. The maximum Gasteiger partial charge on any atom is 0.416 e. The number of nitrogens with zero attached hydrogens (tertiary/aromatic N) is 2. The third kappa shape index (κ3) is 4.82. The van der Waals surface area contributed by atoms with Crippen molar-refractivity contribution in [2.45, 2.75) is 25.4 Å². The van der Waals surface area contributed by atoms with Crippen molar-refractivity contribution in [1.82, 2.24) is 4.98 Å². The van der Waals surface area contributed by atoms with E-state index in [0.29, 0.717) is 22.9 Å². The zero-order valence-corrected chi connectivity index (χ0v) is 15.8. The molecule has 1 aromatic heterocycles. The van der Waals surface area contributed by atoms with Crippen LogP contribution in [0.25, 0.3) is 0 Å². The van der Waals surface area contributed by atoms with Crippen molar-refractivity contribution in [2.75, 3.05) is 0 Å². The van der Waals surface area contributed by atoms with Crippen molar-refractivity contribution in [3.05, 3.63) is 100 Å². The van der Waals surface area contributed by atoms with Crippen LogP contribution in [0.15, 0.2) is 65.9 Å². The van der Waals surface area contributed by atoms with Gasteiger partial charge >= 0.3 is 6.18 Å². The summed E-state index contributed by atoms with van der Waals surface area (Å²) in [5, 5.41) is 12.8. The minimum absolute atomic E-state index is 0.0339. The van der Waals surface area contributed by atoms with E-state index in [4.69, 9.17) is 0 Å². The number of halogens is 5. The van der Waals surface area contributed by atoms with Crippen LogP contribution in [-0.2, 0) is 6.18 Å². The van der Waals surface area contributed by atoms with E-state index in [1.165, 1.54) is 24.4 Å². The lowest BCUT2D eigenvalue weighted by Crippen LogP contribution is -2.13. The Morgan fingerprint density at radius 3 is 2.30 bits per heavy atom. The Labute approximate surface area is 169 Å². The van der Waals surface area contributed by atoms with E-state index in [9.17, 15) is 27.2 Å². The molecule has 30 heavy (non-hydrogen) atoms. The topological polar surface area (TPSA) is 45.5 Å². The van der Waals surface area contributed by atoms with Crippen molar-refractivity contribution in [3.8, 4) is 0 Å². The molecule has 0 bridgehead atoms. The second-order valence-electron chi connectivity index (χ2n) is 6.77. The lowest BCUT2D eigenvalue weighted by Gasteiger charge is -2.20. The van der Waals surface area contributed by atoms with Crippen LogP contribution < -0.4 is 0 Å². The first kappa shape index (κ1) is 21.4. The van der Waals surface area contributed by atoms with Gasteiger partial charge in [0.05, 0.1) is 11.3 Å². The van der Waals surface area contributed by atoms with Gasteiger partial charge in [-0.3, -0.25) is 4.98 Å². The molecule has 3 rings (SSSR count). The van der Waals surface area contributed by atoms with Crippen LogP contribution >= 0.6 is 0 Å². The Morgan fingerprint density at radius 2 is 1.73 bits per heavy atom. The Balaban J connectivity index is 2.05. The molecule has 0 aliphatic heterocycles. The lowest BCUT2D eigenvalue weighted by molar-refractivity contribution is -0.137. The second-order valence-corrected chi connectivity index (χ2v) is 6.77. The molecule has 156 valence electrons. The van der Waals surface area contributed by atoms with Crippen molar-refractivity contribution < 1.29 is 27.2 Å². The number of aryl methyl sites for hydroxylation is 1. The summed E-state index contributed by atoms with van der Waals surface area (Å²) in [6, 6.07) is 10.6. The normalized spacial score (nSPS) is 13.3. The van der Waals surface area contributed by atoms with Crippen LogP contribution in [0.1, 0.15) is 40.3 Å². The van der Waals surface area contributed by atoms with E-state index in [1.807, 2.05) is 0 Å². The molecule has 8 heteroatoms. The molecule has 1 N–H and O–H groups in total. The molecule has 1 heterocycles. The Morgan fingerprint density at radius 1 is 1.03 bits per heavy atom. The maximum absolute atomic E-state index is 14.5. The van der Waals surface area contributed by atoms with E-state index in [2.05, 4.69) is 10.1 Å². The summed E-state index contributed by atoms with van der Waals surface area (Å²) in [7, 11) is 0. The van der Waals surface area contributed by atoms with Gasteiger partial charge in [0, 0.05) is 35.9 Å². The smallest absolute Gasteiger partial charge is 0.411 e. The number of benzene rings is 2. The highest BCUT2D eigenvalue weighted by Crippen LogP contribution is 2.35. The molecular formula is C22H17F5N2O. The quantitative estimate of drug-likeness (QED) is 0.235. The molecule has 0 spiro atoms. The molecule has 3 aromatic rings. The Hall–Kier alpha value is -3.29. The number of hydrogen-bond acceptors (Lipinski definition) is 3. The van der Waals surface area contributed by atoms with E-state index in [0.717, 1.165) is 18.2 Å². The van der Waals surface area contributed by atoms with Gasteiger partial charge in [0.2, 0.25) is 0 Å². The third-order valence-corrected chi connectivity index (χ3v) is 4.73. The first-order valence-electron chi connectivity index (χ1n) is 8.95. The molecule has 2 aromatic carbocycles. The average Bonchev–Trinajstić information content (AvgIpc) is 2.69. The summed E-state index contributed by atoms with van der Waals surface area (Å²) in [6.07, 6.45) is -3.03. The van der Waals surface area contributed by atoms with Gasteiger partial charge in [-0.15, -0.1) is 0 Å². The van der Waals surface area contributed by atoms with Gasteiger partial charge in [-0.1, -0.05) is 23.4 Å². The number of oxime groups is 1. The molecule has 0 fully saturated rings.